The maximum Gasteiger partial charge on any atom is 0.238 e. The third kappa shape index (κ3) is 5.16. The van der Waals surface area contributed by atoms with Crippen LogP contribution < -0.4 is 24.3 Å². The summed E-state index contributed by atoms with van der Waals surface area (Å²) in [5, 5.41) is 2.96. The normalized spacial score (nSPS) is 13.3. The summed E-state index contributed by atoms with van der Waals surface area (Å²) in [7, 11) is 3.27. The molecule has 1 N–H and O–H groups in total. The lowest BCUT2D eigenvalue weighted by molar-refractivity contribution is -0.117. The van der Waals surface area contributed by atoms with Crippen LogP contribution in [0.1, 0.15) is 25.0 Å². The predicted octanol–water partition coefficient (Wildman–Crippen LogP) is 3.50. The number of nitrogens with zero attached hydrogens (tertiary/aromatic N) is 1. The van der Waals surface area contributed by atoms with E-state index in [1.165, 1.54) is 5.56 Å². The number of amides is 1. The van der Waals surface area contributed by atoms with E-state index in [1.807, 2.05) is 38.1 Å². The molecule has 1 aliphatic rings. The molecule has 2 aromatic rings. The molecular weight excluding hydrogens is 384 g/mol. The quantitative estimate of drug-likeness (QED) is 0.677. The van der Waals surface area contributed by atoms with Crippen LogP contribution in [0.25, 0.3) is 0 Å². The van der Waals surface area contributed by atoms with Crippen molar-refractivity contribution in [3.63, 3.8) is 0 Å². The van der Waals surface area contributed by atoms with Crippen molar-refractivity contribution in [1.29, 1.82) is 0 Å². The van der Waals surface area contributed by atoms with E-state index >= 15 is 0 Å². The van der Waals surface area contributed by atoms with Gasteiger partial charge >= 0.3 is 0 Å². The number of rotatable bonds is 9. The summed E-state index contributed by atoms with van der Waals surface area (Å²) >= 11 is 0. The van der Waals surface area contributed by atoms with Crippen LogP contribution in [-0.4, -0.2) is 51.3 Å². The van der Waals surface area contributed by atoms with Crippen LogP contribution in [0.15, 0.2) is 30.3 Å². The van der Waals surface area contributed by atoms with Gasteiger partial charge in [0.05, 0.1) is 34.0 Å². The smallest absolute Gasteiger partial charge is 0.238 e. The molecule has 1 aliphatic heterocycles. The van der Waals surface area contributed by atoms with E-state index in [9.17, 15) is 4.79 Å². The number of hydrogen-bond donors (Lipinski definition) is 1. The van der Waals surface area contributed by atoms with Crippen LogP contribution in [0.5, 0.6) is 23.0 Å². The zero-order valence-corrected chi connectivity index (χ0v) is 18.1. The highest BCUT2D eigenvalue weighted by Crippen LogP contribution is 2.33. The Hall–Kier alpha value is -2.93. The fourth-order valence-electron chi connectivity index (χ4n) is 3.61. The summed E-state index contributed by atoms with van der Waals surface area (Å²) in [5.74, 6) is 2.69. The van der Waals surface area contributed by atoms with E-state index in [1.54, 1.807) is 20.3 Å². The molecule has 30 heavy (non-hydrogen) atoms. The number of benzene rings is 2. The average Bonchev–Trinajstić information content (AvgIpc) is 2.74. The largest absolute Gasteiger partial charge is 0.493 e. The van der Waals surface area contributed by atoms with Gasteiger partial charge in [0, 0.05) is 24.8 Å². The van der Waals surface area contributed by atoms with Crippen molar-refractivity contribution in [2.24, 2.45) is 0 Å². The Morgan fingerprint density at radius 2 is 1.60 bits per heavy atom. The molecule has 2 aromatic carbocycles. The van der Waals surface area contributed by atoms with Gasteiger partial charge in [-0.05, 0) is 55.7 Å². The van der Waals surface area contributed by atoms with E-state index in [0.29, 0.717) is 49.2 Å². The predicted molar refractivity (Wildman–Crippen MR) is 116 cm³/mol. The minimum Gasteiger partial charge on any atom is -0.493 e. The van der Waals surface area contributed by atoms with Crippen molar-refractivity contribution in [2.45, 2.75) is 26.8 Å². The summed E-state index contributed by atoms with van der Waals surface area (Å²) < 4.78 is 22.0. The third-order valence-electron chi connectivity index (χ3n) is 4.99. The average molecular weight is 415 g/mol. The first-order chi connectivity index (χ1) is 14.6. The van der Waals surface area contributed by atoms with Gasteiger partial charge in [0.25, 0.3) is 0 Å². The lowest BCUT2D eigenvalue weighted by Gasteiger charge is -2.29. The maximum atomic E-state index is 12.6. The van der Waals surface area contributed by atoms with E-state index in [-0.39, 0.29) is 5.91 Å². The number of ether oxygens (including phenoxy) is 4. The molecule has 162 valence electrons. The fraction of sp³-hybridized carbons (Fsp3) is 0.435. The summed E-state index contributed by atoms with van der Waals surface area (Å²) in [6.45, 7) is 6.73. The Labute approximate surface area is 177 Å². The second-order valence-corrected chi connectivity index (χ2v) is 7.01. The minimum absolute atomic E-state index is 0.0643. The molecule has 7 nitrogen and oxygen atoms in total. The van der Waals surface area contributed by atoms with Crippen LogP contribution in [0.4, 0.5) is 5.69 Å². The number of carbonyl (C=O) groups is 1. The van der Waals surface area contributed by atoms with Gasteiger partial charge in [-0.15, -0.1) is 0 Å². The van der Waals surface area contributed by atoms with Crippen LogP contribution in [0.2, 0.25) is 0 Å². The first kappa shape index (κ1) is 21.8. The summed E-state index contributed by atoms with van der Waals surface area (Å²) in [6, 6.07) is 9.48. The van der Waals surface area contributed by atoms with Crippen molar-refractivity contribution in [2.75, 3.05) is 45.8 Å². The molecule has 0 unspecified atom stereocenters. The summed E-state index contributed by atoms with van der Waals surface area (Å²) in [5.41, 5.74) is 3.08. The Kier molecular flexibility index (Phi) is 7.41. The fourth-order valence-corrected chi connectivity index (χ4v) is 3.61. The highest BCUT2D eigenvalue weighted by Gasteiger charge is 2.21. The van der Waals surface area contributed by atoms with E-state index in [2.05, 4.69) is 10.2 Å². The highest BCUT2D eigenvalue weighted by molar-refractivity contribution is 5.92. The van der Waals surface area contributed by atoms with E-state index in [0.717, 1.165) is 24.3 Å². The van der Waals surface area contributed by atoms with E-state index in [4.69, 9.17) is 18.9 Å². The number of nitrogens with one attached hydrogen (secondary N) is 1. The van der Waals surface area contributed by atoms with Crippen LogP contribution >= 0.6 is 0 Å². The molecule has 0 bridgehead atoms. The molecule has 0 spiro atoms. The SMILES string of the molecule is CCOc1ccc(NC(=O)CN2CCc3cc(OC)c(OC)cc3C2)cc1OCC. The van der Waals surface area contributed by atoms with Crippen molar-refractivity contribution in [3.8, 4) is 23.0 Å². The van der Waals surface area contributed by atoms with Gasteiger partial charge < -0.3 is 24.3 Å². The van der Waals surface area contributed by atoms with Crippen LogP contribution in [0.3, 0.4) is 0 Å². The standard InChI is InChI=1S/C23H30N2O5/c1-5-29-19-8-7-18(13-22(19)30-6-2)24-23(26)15-25-10-9-16-11-20(27-3)21(28-4)12-17(16)14-25/h7-8,11-13H,5-6,9-10,14-15H2,1-4H3,(H,24,26). The summed E-state index contributed by atoms with van der Waals surface area (Å²) in [4.78, 5) is 14.8. The summed E-state index contributed by atoms with van der Waals surface area (Å²) in [6.07, 6.45) is 0.862. The molecular formula is C23H30N2O5. The molecule has 0 saturated heterocycles. The van der Waals surface area contributed by atoms with Crippen LogP contribution in [-0.2, 0) is 17.8 Å². The molecule has 0 saturated carbocycles. The van der Waals surface area contributed by atoms with Gasteiger partial charge in [-0.2, -0.15) is 0 Å². The first-order valence-corrected chi connectivity index (χ1v) is 10.2. The molecule has 1 amide bonds. The van der Waals surface area contributed by atoms with E-state index < -0.39 is 0 Å². The Bertz CT molecular complexity index is 884. The topological polar surface area (TPSA) is 69.3 Å². The number of fused-ring (bicyclic) bond motifs is 1. The molecule has 1 heterocycles. The highest BCUT2D eigenvalue weighted by atomic mass is 16.5. The molecule has 7 heteroatoms. The van der Waals surface area contributed by atoms with Crippen molar-refractivity contribution < 1.29 is 23.7 Å². The Morgan fingerprint density at radius 3 is 2.27 bits per heavy atom. The van der Waals surface area contributed by atoms with Gasteiger partial charge in [0.1, 0.15) is 0 Å². The minimum atomic E-state index is -0.0643. The van der Waals surface area contributed by atoms with Crippen molar-refractivity contribution >= 4 is 11.6 Å². The molecule has 3 rings (SSSR count). The maximum absolute atomic E-state index is 12.6. The second-order valence-electron chi connectivity index (χ2n) is 7.01. The Morgan fingerprint density at radius 1 is 0.933 bits per heavy atom. The number of carbonyl (C=O) groups excluding carboxylic acids is 1. The van der Waals surface area contributed by atoms with Gasteiger partial charge in [-0.1, -0.05) is 0 Å². The van der Waals surface area contributed by atoms with Crippen molar-refractivity contribution in [3.05, 3.63) is 41.5 Å². The van der Waals surface area contributed by atoms with Gasteiger partial charge in [0.2, 0.25) is 5.91 Å². The van der Waals surface area contributed by atoms with Crippen LogP contribution in [0, 0.1) is 0 Å². The molecule has 0 radical (unpaired) electrons. The molecule has 0 atom stereocenters. The molecule has 0 aromatic heterocycles. The zero-order valence-electron chi connectivity index (χ0n) is 18.1. The second kappa shape index (κ2) is 10.2. The van der Waals surface area contributed by atoms with Gasteiger partial charge in [-0.3, -0.25) is 9.69 Å². The van der Waals surface area contributed by atoms with Gasteiger partial charge in [-0.25, -0.2) is 0 Å². The molecule has 0 fully saturated rings. The van der Waals surface area contributed by atoms with Gasteiger partial charge in [0.15, 0.2) is 23.0 Å². The number of anilines is 1. The Balaban J connectivity index is 1.64. The first-order valence-electron chi connectivity index (χ1n) is 10.2. The third-order valence-corrected chi connectivity index (χ3v) is 4.99. The number of methoxy groups -OCH3 is 2. The number of hydrogen-bond acceptors (Lipinski definition) is 6. The lowest BCUT2D eigenvalue weighted by Crippen LogP contribution is -2.37. The lowest BCUT2D eigenvalue weighted by atomic mass is 9.99. The molecule has 0 aliphatic carbocycles. The van der Waals surface area contributed by atoms with Crippen molar-refractivity contribution in [1.82, 2.24) is 4.90 Å². The monoisotopic (exact) mass is 414 g/mol. The zero-order chi connectivity index (χ0) is 21.5.